The second kappa shape index (κ2) is 4.67. The minimum Gasteiger partial charge on any atom is -0.360 e. The number of benzene rings is 1. The Balaban J connectivity index is 2.20. The molecule has 4 nitrogen and oxygen atoms in total. The predicted molar refractivity (Wildman–Crippen MR) is 63.3 cm³/mol. The van der Waals surface area contributed by atoms with Gasteiger partial charge in [-0.1, -0.05) is 21.1 Å². The summed E-state index contributed by atoms with van der Waals surface area (Å²) >= 11 is 3.12. The van der Waals surface area contributed by atoms with Crippen LogP contribution < -0.4 is 5.32 Å². The molecule has 0 radical (unpaired) electrons. The SMILES string of the molecule is Cc1cc(NC(=O)c2ccc(Br)cc2F)no1. The van der Waals surface area contributed by atoms with Crippen molar-refractivity contribution in [1.29, 1.82) is 0 Å². The Labute approximate surface area is 105 Å². The van der Waals surface area contributed by atoms with Crippen LogP contribution in [0.4, 0.5) is 10.2 Å². The summed E-state index contributed by atoms with van der Waals surface area (Å²) in [6, 6.07) is 5.76. The van der Waals surface area contributed by atoms with Gasteiger partial charge in [0.05, 0.1) is 5.56 Å². The van der Waals surface area contributed by atoms with Crippen LogP contribution in [0.25, 0.3) is 0 Å². The van der Waals surface area contributed by atoms with Gasteiger partial charge < -0.3 is 9.84 Å². The third-order valence-corrected chi connectivity index (χ3v) is 2.54. The van der Waals surface area contributed by atoms with E-state index in [1.165, 1.54) is 12.1 Å². The monoisotopic (exact) mass is 298 g/mol. The molecule has 0 aliphatic heterocycles. The number of carbonyl (C=O) groups is 1. The fourth-order valence-corrected chi connectivity index (χ4v) is 1.62. The van der Waals surface area contributed by atoms with Crippen molar-refractivity contribution >= 4 is 27.7 Å². The number of carbonyl (C=O) groups excluding carboxylic acids is 1. The molecule has 0 aliphatic rings. The van der Waals surface area contributed by atoms with Crippen LogP contribution in [0, 0.1) is 12.7 Å². The molecule has 6 heteroatoms. The fraction of sp³-hybridized carbons (Fsp3) is 0.0909. The van der Waals surface area contributed by atoms with Gasteiger partial charge >= 0.3 is 0 Å². The number of hydrogen-bond acceptors (Lipinski definition) is 3. The highest BCUT2D eigenvalue weighted by atomic mass is 79.9. The molecule has 0 spiro atoms. The minimum atomic E-state index is -0.600. The Hall–Kier alpha value is -1.69. The summed E-state index contributed by atoms with van der Waals surface area (Å²) in [5.74, 6) is -0.341. The van der Waals surface area contributed by atoms with Gasteiger partial charge in [0.2, 0.25) is 0 Å². The van der Waals surface area contributed by atoms with Crippen molar-refractivity contribution in [3.8, 4) is 0 Å². The number of aromatic nitrogens is 1. The standard InChI is InChI=1S/C11H8BrFN2O2/c1-6-4-10(15-17-6)14-11(16)8-3-2-7(12)5-9(8)13/h2-5H,1H3,(H,14,15,16). The summed E-state index contributed by atoms with van der Waals surface area (Å²) in [5.41, 5.74) is -0.0474. The third-order valence-electron chi connectivity index (χ3n) is 2.05. The maximum Gasteiger partial charge on any atom is 0.259 e. The molecule has 1 aromatic heterocycles. The Morgan fingerprint density at radius 1 is 1.47 bits per heavy atom. The number of nitrogens with one attached hydrogen (secondary N) is 1. The smallest absolute Gasteiger partial charge is 0.259 e. The number of rotatable bonds is 2. The van der Waals surface area contributed by atoms with Crippen molar-refractivity contribution in [1.82, 2.24) is 5.16 Å². The number of aryl methyl sites for hydroxylation is 1. The zero-order chi connectivity index (χ0) is 12.4. The topological polar surface area (TPSA) is 55.1 Å². The first-order chi connectivity index (χ1) is 8.06. The summed E-state index contributed by atoms with van der Waals surface area (Å²) in [4.78, 5) is 11.7. The maximum atomic E-state index is 13.5. The van der Waals surface area contributed by atoms with Gasteiger partial charge in [-0.3, -0.25) is 4.79 Å². The first kappa shape index (κ1) is 11.8. The van der Waals surface area contributed by atoms with E-state index in [2.05, 4.69) is 26.4 Å². The average molecular weight is 299 g/mol. The van der Waals surface area contributed by atoms with Crippen LogP contribution in [-0.4, -0.2) is 11.1 Å². The van der Waals surface area contributed by atoms with Gasteiger partial charge in [0.15, 0.2) is 5.82 Å². The van der Waals surface area contributed by atoms with Crippen LogP contribution >= 0.6 is 15.9 Å². The second-order valence-electron chi connectivity index (χ2n) is 3.40. The predicted octanol–water partition coefficient (Wildman–Crippen LogP) is 3.14. The van der Waals surface area contributed by atoms with Crippen molar-refractivity contribution in [3.63, 3.8) is 0 Å². The first-order valence-electron chi connectivity index (χ1n) is 4.76. The number of amides is 1. The van der Waals surface area contributed by atoms with Crippen molar-refractivity contribution < 1.29 is 13.7 Å². The van der Waals surface area contributed by atoms with E-state index in [1.54, 1.807) is 19.1 Å². The molecule has 1 amide bonds. The molecule has 0 atom stereocenters. The van der Waals surface area contributed by atoms with Crippen LogP contribution in [0.5, 0.6) is 0 Å². The molecule has 0 fully saturated rings. The Morgan fingerprint density at radius 3 is 2.82 bits per heavy atom. The molecule has 88 valence electrons. The lowest BCUT2D eigenvalue weighted by molar-refractivity contribution is 0.102. The largest absolute Gasteiger partial charge is 0.360 e. The van der Waals surface area contributed by atoms with Gasteiger partial charge in [-0.2, -0.15) is 0 Å². The van der Waals surface area contributed by atoms with Crippen molar-refractivity contribution in [3.05, 3.63) is 45.9 Å². The number of halogens is 2. The van der Waals surface area contributed by atoms with Crippen molar-refractivity contribution in [2.75, 3.05) is 5.32 Å². The normalized spacial score (nSPS) is 10.3. The van der Waals surface area contributed by atoms with E-state index in [-0.39, 0.29) is 11.4 Å². The molecule has 1 N–H and O–H groups in total. The summed E-state index contributed by atoms with van der Waals surface area (Å²) in [6.07, 6.45) is 0. The van der Waals surface area contributed by atoms with Gasteiger partial charge in [0, 0.05) is 10.5 Å². The molecule has 0 saturated carbocycles. The van der Waals surface area contributed by atoms with E-state index >= 15 is 0 Å². The molecule has 0 unspecified atom stereocenters. The molecule has 2 rings (SSSR count). The highest BCUT2D eigenvalue weighted by molar-refractivity contribution is 9.10. The zero-order valence-corrected chi connectivity index (χ0v) is 10.4. The quantitative estimate of drug-likeness (QED) is 0.927. The van der Waals surface area contributed by atoms with Gasteiger partial charge in [-0.05, 0) is 25.1 Å². The van der Waals surface area contributed by atoms with Gasteiger partial charge in [-0.15, -0.1) is 0 Å². The van der Waals surface area contributed by atoms with Crippen molar-refractivity contribution in [2.45, 2.75) is 6.92 Å². The Morgan fingerprint density at radius 2 is 2.24 bits per heavy atom. The summed E-state index contributed by atoms with van der Waals surface area (Å²) in [7, 11) is 0. The van der Waals surface area contributed by atoms with Crippen LogP contribution in [0.3, 0.4) is 0 Å². The molecule has 1 heterocycles. The Kier molecular flexibility index (Phi) is 3.23. The van der Waals surface area contributed by atoms with Gasteiger partial charge in [0.25, 0.3) is 5.91 Å². The van der Waals surface area contributed by atoms with E-state index in [9.17, 15) is 9.18 Å². The minimum absolute atomic E-state index is 0.0474. The second-order valence-corrected chi connectivity index (χ2v) is 4.32. The molecule has 17 heavy (non-hydrogen) atoms. The Bertz CT molecular complexity index is 568. The van der Waals surface area contributed by atoms with E-state index in [1.807, 2.05) is 0 Å². The third kappa shape index (κ3) is 2.71. The molecule has 0 saturated heterocycles. The molecule has 0 aliphatic carbocycles. The van der Waals surface area contributed by atoms with Crippen molar-refractivity contribution in [2.24, 2.45) is 0 Å². The molecule has 0 bridgehead atoms. The molecular weight excluding hydrogens is 291 g/mol. The van der Waals surface area contributed by atoms with E-state index in [4.69, 9.17) is 4.52 Å². The molecule has 1 aromatic carbocycles. The highest BCUT2D eigenvalue weighted by Gasteiger charge is 2.13. The lowest BCUT2D eigenvalue weighted by Gasteiger charge is -2.02. The molecular formula is C11H8BrFN2O2. The van der Waals surface area contributed by atoms with Gasteiger partial charge in [-0.25, -0.2) is 4.39 Å². The zero-order valence-electron chi connectivity index (χ0n) is 8.83. The lowest BCUT2D eigenvalue weighted by Crippen LogP contribution is -2.13. The van der Waals surface area contributed by atoms with E-state index in [0.717, 1.165) is 0 Å². The fourth-order valence-electron chi connectivity index (χ4n) is 1.28. The summed E-state index contributed by atoms with van der Waals surface area (Å²) < 4.78 is 18.8. The highest BCUT2D eigenvalue weighted by Crippen LogP contribution is 2.16. The van der Waals surface area contributed by atoms with Crippen LogP contribution in [-0.2, 0) is 0 Å². The maximum absolute atomic E-state index is 13.5. The molecule has 2 aromatic rings. The number of anilines is 1. The van der Waals surface area contributed by atoms with E-state index < -0.39 is 11.7 Å². The van der Waals surface area contributed by atoms with Crippen LogP contribution in [0.2, 0.25) is 0 Å². The number of hydrogen-bond donors (Lipinski definition) is 1. The lowest BCUT2D eigenvalue weighted by atomic mass is 10.2. The summed E-state index contributed by atoms with van der Waals surface area (Å²) in [5, 5.41) is 6.03. The van der Waals surface area contributed by atoms with Crippen LogP contribution in [0.1, 0.15) is 16.1 Å². The first-order valence-corrected chi connectivity index (χ1v) is 5.55. The summed E-state index contributed by atoms with van der Waals surface area (Å²) in [6.45, 7) is 1.70. The van der Waals surface area contributed by atoms with E-state index in [0.29, 0.717) is 10.2 Å². The number of nitrogens with zero attached hydrogens (tertiary/aromatic N) is 1. The van der Waals surface area contributed by atoms with Gasteiger partial charge in [0.1, 0.15) is 11.6 Å². The average Bonchev–Trinajstić information content (AvgIpc) is 2.63. The van der Waals surface area contributed by atoms with Crippen LogP contribution in [0.15, 0.2) is 33.3 Å².